The lowest BCUT2D eigenvalue weighted by Crippen LogP contribution is -2.00. The summed E-state index contributed by atoms with van der Waals surface area (Å²) in [7, 11) is 0. The van der Waals surface area contributed by atoms with E-state index in [4.69, 9.17) is 63.1 Å². The molecule has 18 aromatic carbocycles. The van der Waals surface area contributed by atoms with Gasteiger partial charge in [-0.15, -0.1) is 0 Å². The van der Waals surface area contributed by atoms with Gasteiger partial charge in [0, 0.05) is 106 Å². The summed E-state index contributed by atoms with van der Waals surface area (Å²) in [5.41, 5.74) is 21.1. The van der Waals surface area contributed by atoms with E-state index in [0.29, 0.717) is 63.8 Å². The maximum atomic E-state index is 6.32. The summed E-state index contributed by atoms with van der Waals surface area (Å²) in [5.74, 6) is 5.41. The molecule has 0 aliphatic rings. The van der Waals surface area contributed by atoms with Crippen LogP contribution in [0, 0.1) is 0 Å². The van der Waals surface area contributed by atoms with E-state index < -0.39 is 0 Å². The van der Waals surface area contributed by atoms with Gasteiger partial charge < -0.3 is 13.3 Å². The predicted octanol–water partition coefficient (Wildman–Crippen LogP) is 30.4. The second-order valence-corrected chi connectivity index (χ2v) is 33.4. The lowest BCUT2D eigenvalue weighted by atomic mass is 10.00. The Morgan fingerprint density at radius 2 is 0.467 bits per heavy atom. The smallest absolute Gasteiger partial charge is 0.228 e. The maximum absolute atomic E-state index is 6.32. The minimum Gasteiger partial charge on any atom is -0.456 e. The van der Waals surface area contributed by atoms with Gasteiger partial charge in [-0.2, -0.15) is 0 Å². The SMILES string of the molecule is c1ccc(-c2nc(-c3ccc(-c4ccc5ccccc5c4)cc3)nc(-c3cccc4oc5cc6ncccc6cc5c34)n2)cc1.c1ccc(-c2nc(-c3ccc(-c4ccc5ccccc5c4)cc3)nc(-c3cccc4oc5nc6ccccc6cc5c34)n2)cc1.c1ccc(-c2nc(-c3ccc(-c4ccc5ccccc5c4)cc3)nc(-c3ccnc4oc5cc6ccccc6cc5c34)n2)cc1. The van der Waals surface area contributed by atoms with E-state index in [2.05, 4.69) is 265 Å². The number of hydrogen-bond donors (Lipinski definition) is 0. The van der Waals surface area contributed by atoms with E-state index >= 15 is 0 Å². The van der Waals surface area contributed by atoms with Crippen LogP contribution in [0.3, 0.4) is 0 Å². The number of benzene rings is 18. The number of para-hydroxylation sites is 1. The van der Waals surface area contributed by atoms with Gasteiger partial charge in [0.25, 0.3) is 0 Å². The van der Waals surface area contributed by atoms with Crippen LogP contribution in [-0.4, -0.2) is 59.8 Å². The average molecular weight is 1730 g/mol. The van der Waals surface area contributed by atoms with E-state index in [0.717, 1.165) is 154 Å². The molecule has 27 rings (SSSR count). The summed E-state index contributed by atoms with van der Waals surface area (Å²) >= 11 is 0. The molecule has 0 aliphatic carbocycles. The Kier molecular flexibility index (Phi) is 19.5. The van der Waals surface area contributed by atoms with Crippen molar-refractivity contribution in [1.82, 2.24) is 59.8 Å². The summed E-state index contributed by atoms with van der Waals surface area (Å²) in [4.78, 5) is 59.0. The molecule has 27 aromatic rings. The average Bonchev–Trinajstić information content (AvgIpc) is 1.61. The third-order valence-corrected chi connectivity index (χ3v) is 25.1. The second kappa shape index (κ2) is 33.5. The van der Waals surface area contributed by atoms with Gasteiger partial charge in [-0.05, 0) is 149 Å². The Morgan fingerprint density at radius 3 is 0.933 bits per heavy atom. The van der Waals surface area contributed by atoms with Crippen LogP contribution in [0.5, 0.6) is 0 Å². The van der Waals surface area contributed by atoms with Gasteiger partial charge >= 0.3 is 0 Å². The highest BCUT2D eigenvalue weighted by molar-refractivity contribution is 6.17. The summed E-state index contributed by atoms with van der Waals surface area (Å²) < 4.78 is 18.8. The molecule has 0 saturated carbocycles. The van der Waals surface area contributed by atoms with Gasteiger partial charge in [0.2, 0.25) is 11.4 Å². The molecule has 0 aliphatic heterocycles. The van der Waals surface area contributed by atoms with Crippen LogP contribution in [-0.2, 0) is 0 Å². The molecular weight excluding hydrogens is 1660 g/mol. The molecule has 0 saturated heterocycles. The molecule has 15 heteroatoms. The highest BCUT2D eigenvalue weighted by Crippen LogP contribution is 2.44. The first-order valence-corrected chi connectivity index (χ1v) is 44.7. The van der Waals surface area contributed by atoms with Crippen LogP contribution < -0.4 is 0 Å². The molecule has 135 heavy (non-hydrogen) atoms. The molecule has 0 amide bonds. The van der Waals surface area contributed by atoms with Crippen LogP contribution in [0.1, 0.15) is 0 Å². The Labute approximate surface area is 771 Å². The van der Waals surface area contributed by atoms with Gasteiger partial charge in [-0.1, -0.05) is 346 Å². The second-order valence-electron chi connectivity index (χ2n) is 33.4. The van der Waals surface area contributed by atoms with Crippen LogP contribution in [0.2, 0.25) is 0 Å². The van der Waals surface area contributed by atoms with Gasteiger partial charge in [-0.25, -0.2) is 54.8 Å². The lowest BCUT2D eigenvalue weighted by molar-refractivity contribution is 0.654. The number of furan rings is 3. The number of rotatable bonds is 12. The Balaban J connectivity index is 0.000000108. The summed E-state index contributed by atoms with van der Waals surface area (Å²) in [6.07, 6.45) is 3.55. The quantitative estimate of drug-likeness (QED) is 0.112. The van der Waals surface area contributed by atoms with Gasteiger partial charge in [-0.3, -0.25) is 4.98 Å². The molecule has 0 bridgehead atoms. The first kappa shape index (κ1) is 78.6. The van der Waals surface area contributed by atoms with Crippen molar-refractivity contribution >= 4 is 131 Å². The monoisotopic (exact) mass is 1730 g/mol. The predicted molar refractivity (Wildman–Crippen MR) is 545 cm³/mol. The molecular formula is C120H72N12O3. The third kappa shape index (κ3) is 15.0. The molecule has 0 atom stereocenters. The van der Waals surface area contributed by atoms with Crippen LogP contribution in [0.4, 0.5) is 0 Å². The third-order valence-electron chi connectivity index (χ3n) is 25.1. The molecule has 15 nitrogen and oxygen atoms in total. The minimum atomic E-state index is 0.556. The molecule has 0 radical (unpaired) electrons. The zero-order valence-corrected chi connectivity index (χ0v) is 72.2. The van der Waals surface area contributed by atoms with Gasteiger partial charge in [0.1, 0.15) is 22.3 Å². The summed E-state index contributed by atoms with van der Waals surface area (Å²) in [5, 5.41) is 17.4. The van der Waals surface area contributed by atoms with Gasteiger partial charge in [0.15, 0.2) is 52.4 Å². The number of hydrogen-bond acceptors (Lipinski definition) is 15. The van der Waals surface area contributed by atoms with E-state index in [1.807, 2.05) is 170 Å². The standard InChI is InChI=1S/3C40H24N4O/c1-2-9-27(10-3-1)38-42-39(28-18-15-26(16-19-28)30-20-17-25-8-4-5-11-29(25)22-30)44-40(43-38)32-13-6-14-35-37(32)33-23-31-12-7-21-41-34(31)24-36(33)45-35;1-2-10-27(11-3-1)37-42-38(28-20-17-26(18-21-28)30-22-19-25-9-4-5-12-29(25)23-30)44-39(43-37)32-14-8-16-35-36(32)33-24-31-13-6-7-15-34(31)41-40(33)45-35;1-2-9-27(10-3-1)37-42-38(28-17-14-26(15-18-28)32-19-16-25-8-4-5-11-29(25)22-32)44-39(43-37)33-20-21-41-40-36(33)34-23-30-12-6-7-13-31(30)24-35(34)45-40/h3*1-24H. The number of nitrogens with zero attached hydrogens (tertiary/aromatic N) is 12. The van der Waals surface area contributed by atoms with E-state index in [1.54, 1.807) is 12.4 Å². The van der Waals surface area contributed by atoms with Crippen molar-refractivity contribution < 1.29 is 13.3 Å². The maximum Gasteiger partial charge on any atom is 0.228 e. The van der Waals surface area contributed by atoms with E-state index in [9.17, 15) is 0 Å². The first-order chi connectivity index (χ1) is 66.8. The van der Waals surface area contributed by atoms with Crippen LogP contribution in [0.25, 0.3) is 267 Å². The Hall–Kier alpha value is -18.6. The number of aromatic nitrogens is 12. The van der Waals surface area contributed by atoms with Crippen molar-refractivity contribution in [3.05, 3.63) is 437 Å². The molecule has 9 heterocycles. The molecule has 9 aromatic heterocycles. The summed E-state index contributed by atoms with van der Waals surface area (Å²) in [6, 6.07) is 145. The molecule has 0 spiro atoms. The number of pyridine rings is 3. The van der Waals surface area contributed by atoms with Crippen molar-refractivity contribution in [1.29, 1.82) is 0 Å². The Bertz CT molecular complexity index is 8460. The van der Waals surface area contributed by atoms with Crippen LogP contribution in [0.15, 0.2) is 450 Å². The topological polar surface area (TPSA) is 194 Å². The van der Waals surface area contributed by atoms with Crippen molar-refractivity contribution in [2.24, 2.45) is 0 Å². The highest BCUT2D eigenvalue weighted by atomic mass is 16.3. The lowest BCUT2D eigenvalue weighted by Gasteiger charge is -2.10. The zero-order chi connectivity index (χ0) is 89.2. The fourth-order valence-corrected chi connectivity index (χ4v) is 18.3. The fraction of sp³-hybridized carbons (Fsp3) is 0. The summed E-state index contributed by atoms with van der Waals surface area (Å²) in [6.45, 7) is 0. The van der Waals surface area contributed by atoms with Crippen molar-refractivity contribution in [2.75, 3.05) is 0 Å². The molecule has 0 N–H and O–H groups in total. The van der Waals surface area contributed by atoms with Gasteiger partial charge in [0.05, 0.1) is 16.4 Å². The Morgan fingerprint density at radius 1 is 0.148 bits per heavy atom. The normalized spacial score (nSPS) is 11.6. The molecule has 630 valence electrons. The molecule has 0 unspecified atom stereocenters. The fourth-order valence-electron chi connectivity index (χ4n) is 18.3. The van der Waals surface area contributed by atoms with Crippen LogP contribution >= 0.6 is 0 Å². The van der Waals surface area contributed by atoms with Crippen molar-refractivity contribution in [3.63, 3.8) is 0 Å². The molecule has 0 fully saturated rings. The van der Waals surface area contributed by atoms with E-state index in [1.165, 1.54) is 49.0 Å². The van der Waals surface area contributed by atoms with Crippen molar-refractivity contribution in [2.45, 2.75) is 0 Å². The zero-order valence-electron chi connectivity index (χ0n) is 72.2. The largest absolute Gasteiger partial charge is 0.456 e. The highest BCUT2D eigenvalue weighted by Gasteiger charge is 2.25. The number of fused-ring (bicyclic) bond motifs is 15. The first-order valence-electron chi connectivity index (χ1n) is 44.7. The van der Waals surface area contributed by atoms with Crippen molar-refractivity contribution in [3.8, 4) is 136 Å². The van der Waals surface area contributed by atoms with E-state index in [-0.39, 0.29) is 0 Å². The minimum absolute atomic E-state index is 0.556.